The summed E-state index contributed by atoms with van der Waals surface area (Å²) < 4.78 is 5.93. The molecule has 3 nitrogen and oxygen atoms in total. The van der Waals surface area contributed by atoms with Crippen LogP contribution in [0.5, 0.6) is 0 Å². The summed E-state index contributed by atoms with van der Waals surface area (Å²) in [5.74, 6) is 0. The highest BCUT2D eigenvalue weighted by molar-refractivity contribution is 6.30. The fourth-order valence-corrected chi connectivity index (χ4v) is 2.64. The molecule has 0 amide bonds. The van der Waals surface area contributed by atoms with Gasteiger partial charge in [-0.1, -0.05) is 23.7 Å². The lowest BCUT2D eigenvalue weighted by molar-refractivity contribution is -0.0572. The smallest absolute Gasteiger partial charge is 0.103 e. The zero-order valence-corrected chi connectivity index (χ0v) is 12.8. The molecule has 2 N–H and O–H groups in total. The first-order valence-electron chi connectivity index (χ1n) is 7.14. The lowest BCUT2D eigenvalue weighted by Gasteiger charge is -2.35. The monoisotopic (exact) mass is 302 g/mol. The number of benzene rings is 2. The molecule has 4 heteroatoms. The standard InChI is InChI=1S/C17H19ClN2O/c1-17(12-19-10-11-21-17)13-2-6-15(7-3-13)20-16-8-4-14(18)5-9-16/h2-9,19-20H,10-12H2,1H3/t17-/m0/s1. The van der Waals surface area contributed by atoms with E-state index in [1.54, 1.807) is 0 Å². The number of hydrogen-bond donors (Lipinski definition) is 2. The van der Waals surface area contributed by atoms with E-state index in [1.807, 2.05) is 24.3 Å². The average molecular weight is 303 g/mol. The van der Waals surface area contributed by atoms with E-state index in [4.69, 9.17) is 16.3 Å². The summed E-state index contributed by atoms with van der Waals surface area (Å²) in [7, 11) is 0. The Morgan fingerprint density at radius 3 is 2.24 bits per heavy atom. The minimum atomic E-state index is -0.239. The number of anilines is 2. The SMILES string of the molecule is C[C@@]1(c2ccc(Nc3ccc(Cl)cc3)cc2)CNCCO1. The van der Waals surface area contributed by atoms with Crippen molar-refractivity contribution in [3.63, 3.8) is 0 Å². The Bertz CT molecular complexity index is 589. The van der Waals surface area contributed by atoms with Gasteiger partial charge >= 0.3 is 0 Å². The largest absolute Gasteiger partial charge is 0.368 e. The fraction of sp³-hybridized carbons (Fsp3) is 0.294. The van der Waals surface area contributed by atoms with Crippen LogP contribution in [0, 0.1) is 0 Å². The van der Waals surface area contributed by atoms with Crippen LogP contribution in [0.2, 0.25) is 5.02 Å². The second kappa shape index (κ2) is 6.06. The quantitative estimate of drug-likeness (QED) is 0.901. The van der Waals surface area contributed by atoms with Gasteiger partial charge in [0.15, 0.2) is 0 Å². The second-order valence-electron chi connectivity index (χ2n) is 5.47. The number of nitrogens with one attached hydrogen (secondary N) is 2. The molecule has 1 fully saturated rings. The zero-order chi connectivity index (χ0) is 14.7. The van der Waals surface area contributed by atoms with Crippen molar-refractivity contribution in [2.24, 2.45) is 0 Å². The molecule has 3 rings (SSSR count). The molecule has 0 radical (unpaired) electrons. The van der Waals surface area contributed by atoms with Gasteiger partial charge in [0, 0.05) is 29.5 Å². The van der Waals surface area contributed by atoms with Crippen LogP contribution in [0.25, 0.3) is 0 Å². The van der Waals surface area contributed by atoms with Crippen molar-refractivity contribution >= 4 is 23.0 Å². The van der Waals surface area contributed by atoms with Crippen LogP contribution < -0.4 is 10.6 Å². The molecule has 0 unspecified atom stereocenters. The zero-order valence-electron chi connectivity index (χ0n) is 12.0. The van der Waals surface area contributed by atoms with Gasteiger partial charge in [-0.3, -0.25) is 0 Å². The molecule has 1 saturated heterocycles. The molecule has 21 heavy (non-hydrogen) atoms. The van der Waals surface area contributed by atoms with Gasteiger partial charge in [-0.25, -0.2) is 0 Å². The third-order valence-electron chi connectivity index (χ3n) is 3.79. The van der Waals surface area contributed by atoms with E-state index in [-0.39, 0.29) is 5.60 Å². The molecule has 1 heterocycles. The van der Waals surface area contributed by atoms with Crippen LogP contribution in [0.1, 0.15) is 12.5 Å². The first-order chi connectivity index (χ1) is 10.2. The van der Waals surface area contributed by atoms with E-state index >= 15 is 0 Å². The number of morpholine rings is 1. The van der Waals surface area contributed by atoms with Crippen LogP contribution >= 0.6 is 11.6 Å². The predicted octanol–water partition coefficient (Wildman–Crippen LogP) is 3.92. The van der Waals surface area contributed by atoms with Crippen molar-refractivity contribution in [3.05, 3.63) is 59.1 Å². The molecule has 0 saturated carbocycles. The van der Waals surface area contributed by atoms with Crippen molar-refractivity contribution in [1.29, 1.82) is 0 Å². The van der Waals surface area contributed by atoms with Crippen LogP contribution in [-0.4, -0.2) is 19.7 Å². The van der Waals surface area contributed by atoms with Crippen LogP contribution in [0.3, 0.4) is 0 Å². The number of halogens is 1. The van der Waals surface area contributed by atoms with Gasteiger partial charge in [0.25, 0.3) is 0 Å². The Hall–Kier alpha value is -1.55. The average Bonchev–Trinajstić information content (AvgIpc) is 2.51. The normalized spacial score (nSPS) is 22.0. The van der Waals surface area contributed by atoms with Crippen molar-refractivity contribution in [1.82, 2.24) is 5.32 Å². The topological polar surface area (TPSA) is 33.3 Å². The number of ether oxygens (including phenoxy) is 1. The van der Waals surface area contributed by atoms with Gasteiger partial charge in [-0.2, -0.15) is 0 Å². The Morgan fingerprint density at radius 1 is 1.05 bits per heavy atom. The lowest BCUT2D eigenvalue weighted by Crippen LogP contribution is -2.45. The van der Waals surface area contributed by atoms with Crippen LogP contribution in [-0.2, 0) is 10.3 Å². The molecule has 1 atom stereocenters. The van der Waals surface area contributed by atoms with Gasteiger partial charge in [-0.05, 0) is 48.9 Å². The van der Waals surface area contributed by atoms with Crippen molar-refractivity contribution in [2.45, 2.75) is 12.5 Å². The Balaban J connectivity index is 1.73. The minimum absolute atomic E-state index is 0.239. The summed E-state index contributed by atoms with van der Waals surface area (Å²) >= 11 is 5.89. The lowest BCUT2D eigenvalue weighted by atomic mass is 9.94. The molecule has 1 aliphatic heterocycles. The summed E-state index contributed by atoms with van der Waals surface area (Å²) in [5, 5.41) is 7.48. The van der Waals surface area contributed by atoms with E-state index in [1.165, 1.54) is 5.56 Å². The molecule has 110 valence electrons. The van der Waals surface area contributed by atoms with Crippen molar-refractivity contribution in [2.75, 3.05) is 25.0 Å². The highest BCUT2D eigenvalue weighted by Gasteiger charge is 2.29. The molecular formula is C17H19ClN2O. The number of hydrogen-bond acceptors (Lipinski definition) is 3. The highest BCUT2D eigenvalue weighted by atomic mass is 35.5. The molecule has 0 bridgehead atoms. The van der Waals surface area contributed by atoms with Gasteiger partial charge in [0.05, 0.1) is 6.61 Å². The molecule has 1 aliphatic rings. The molecule has 2 aromatic rings. The number of rotatable bonds is 3. The third-order valence-corrected chi connectivity index (χ3v) is 4.04. The summed E-state index contributed by atoms with van der Waals surface area (Å²) in [6.45, 7) is 4.64. The van der Waals surface area contributed by atoms with E-state index in [9.17, 15) is 0 Å². The van der Waals surface area contributed by atoms with Gasteiger partial charge < -0.3 is 15.4 Å². The Kier molecular flexibility index (Phi) is 4.15. The Morgan fingerprint density at radius 2 is 1.67 bits per heavy atom. The van der Waals surface area contributed by atoms with Crippen molar-refractivity contribution < 1.29 is 4.74 Å². The maximum atomic E-state index is 5.93. The summed E-state index contributed by atoms with van der Waals surface area (Å²) in [6.07, 6.45) is 0. The van der Waals surface area contributed by atoms with E-state index < -0.39 is 0 Å². The van der Waals surface area contributed by atoms with Crippen LogP contribution in [0.4, 0.5) is 11.4 Å². The van der Waals surface area contributed by atoms with E-state index in [0.717, 1.165) is 36.1 Å². The second-order valence-corrected chi connectivity index (χ2v) is 5.90. The van der Waals surface area contributed by atoms with Gasteiger partial charge in [0.1, 0.15) is 5.60 Å². The van der Waals surface area contributed by atoms with Gasteiger partial charge in [-0.15, -0.1) is 0 Å². The maximum Gasteiger partial charge on any atom is 0.103 e. The summed E-state index contributed by atoms with van der Waals surface area (Å²) in [4.78, 5) is 0. The third kappa shape index (κ3) is 3.38. The first kappa shape index (κ1) is 14.4. The van der Waals surface area contributed by atoms with Gasteiger partial charge in [0.2, 0.25) is 0 Å². The van der Waals surface area contributed by atoms with Crippen molar-refractivity contribution in [3.8, 4) is 0 Å². The van der Waals surface area contributed by atoms with E-state index in [0.29, 0.717) is 0 Å². The Labute approximate surface area is 130 Å². The van der Waals surface area contributed by atoms with Crippen LogP contribution in [0.15, 0.2) is 48.5 Å². The first-order valence-corrected chi connectivity index (χ1v) is 7.51. The molecule has 0 aromatic heterocycles. The molecule has 0 spiro atoms. The summed E-state index contributed by atoms with van der Waals surface area (Å²) in [6, 6.07) is 16.1. The molecule has 2 aromatic carbocycles. The fourth-order valence-electron chi connectivity index (χ4n) is 2.52. The highest BCUT2D eigenvalue weighted by Crippen LogP contribution is 2.28. The molecular weight excluding hydrogens is 284 g/mol. The maximum absolute atomic E-state index is 5.93. The minimum Gasteiger partial charge on any atom is -0.368 e. The molecule has 0 aliphatic carbocycles. The predicted molar refractivity (Wildman–Crippen MR) is 87.4 cm³/mol. The summed E-state index contributed by atoms with van der Waals surface area (Å²) in [5.41, 5.74) is 3.02. The van der Waals surface area contributed by atoms with E-state index in [2.05, 4.69) is 41.8 Å².